The van der Waals surface area contributed by atoms with Gasteiger partial charge in [-0.25, -0.2) is 10.4 Å². The molecule has 0 aliphatic carbocycles. The van der Waals surface area contributed by atoms with Crippen molar-refractivity contribution < 1.29 is 23.0 Å². The van der Waals surface area contributed by atoms with E-state index in [9.17, 15) is 13.6 Å². The molecule has 0 saturated carbocycles. The number of carbonyl (C=O) groups excluding carboxylic acids is 1. The van der Waals surface area contributed by atoms with Crippen molar-refractivity contribution in [1.82, 2.24) is 15.0 Å². The van der Waals surface area contributed by atoms with Gasteiger partial charge in [0.2, 0.25) is 0 Å². The number of aryl methyl sites for hydroxylation is 2. The van der Waals surface area contributed by atoms with Crippen LogP contribution in [0.2, 0.25) is 0 Å². The molecule has 2 aromatic carbocycles. The summed E-state index contributed by atoms with van der Waals surface area (Å²) >= 11 is 0. The van der Waals surface area contributed by atoms with Crippen LogP contribution in [0, 0.1) is 6.92 Å². The monoisotopic (exact) mass is 402 g/mol. The van der Waals surface area contributed by atoms with Crippen LogP contribution in [-0.2, 0) is 6.54 Å². The third kappa shape index (κ3) is 4.50. The van der Waals surface area contributed by atoms with Crippen molar-refractivity contribution in [1.29, 1.82) is 0 Å². The summed E-state index contributed by atoms with van der Waals surface area (Å²) in [6.45, 7) is 1.79. The first kappa shape index (κ1) is 20.2. The molecule has 0 saturated heterocycles. The van der Waals surface area contributed by atoms with Gasteiger partial charge in [0.05, 0.1) is 24.4 Å². The van der Waals surface area contributed by atoms with Crippen LogP contribution in [0.4, 0.5) is 8.78 Å². The number of nitrogens with one attached hydrogen (secondary N) is 1. The van der Waals surface area contributed by atoms with Gasteiger partial charge >= 0.3 is 6.61 Å². The number of hydrogen-bond donors (Lipinski definition) is 1. The van der Waals surface area contributed by atoms with Gasteiger partial charge in [-0.3, -0.25) is 4.79 Å². The molecule has 0 bridgehead atoms. The molecular weight excluding hydrogens is 382 g/mol. The van der Waals surface area contributed by atoms with E-state index >= 15 is 0 Å². The summed E-state index contributed by atoms with van der Waals surface area (Å²) < 4.78 is 36.2. The van der Waals surface area contributed by atoms with E-state index in [0.717, 1.165) is 23.4 Å². The highest BCUT2D eigenvalue weighted by molar-refractivity contribution is 5.98. The second-order valence-corrected chi connectivity index (χ2v) is 6.09. The summed E-state index contributed by atoms with van der Waals surface area (Å²) in [6, 6.07) is 9.60. The van der Waals surface area contributed by atoms with E-state index in [1.165, 1.54) is 31.5 Å². The molecule has 3 aromatic rings. The summed E-state index contributed by atoms with van der Waals surface area (Å²) in [7, 11) is 1.34. The van der Waals surface area contributed by atoms with Crippen molar-refractivity contribution in [2.45, 2.75) is 27.0 Å². The Balaban J connectivity index is 1.71. The van der Waals surface area contributed by atoms with Gasteiger partial charge in [0.25, 0.3) is 5.91 Å². The predicted octanol–water partition coefficient (Wildman–Crippen LogP) is 3.74. The zero-order chi connectivity index (χ0) is 21.0. The Morgan fingerprint density at radius 3 is 2.76 bits per heavy atom. The molecule has 1 heterocycles. The fourth-order valence-electron chi connectivity index (χ4n) is 2.98. The van der Waals surface area contributed by atoms with Crippen molar-refractivity contribution >= 4 is 23.2 Å². The van der Waals surface area contributed by atoms with E-state index in [2.05, 4.69) is 24.8 Å². The van der Waals surface area contributed by atoms with Crippen molar-refractivity contribution in [2.75, 3.05) is 7.11 Å². The predicted molar refractivity (Wildman–Crippen MR) is 105 cm³/mol. The van der Waals surface area contributed by atoms with E-state index in [-0.39, 0.29) is 11.5 Å². The molecule has 3 rings (SSSR count). The lowest BCUT2D eigenvalue weighted by atomic mass is 10.2. The number of benzene rings is 2. The number of methoxy groups -OCH3 is 1. The normalized spacial score (nSPS) is 11.4. The third-order valence-electron chi connectivity index (χ3n) is 4.30. The van der Waals surface area contributed by atoms with Crippen LogP contribution in [0.1, 0.15) is 28.7 Å². The van der Waals surface area contributed by atoms with Gasteiger partial charge in [0.15, 0.2) is 11.5 Å². The van der Waals surface area contributed by atoms with E-state index in [0.29, 0.717) is 11.1 Å². The van der Waals surface area contributed by atoms with Gasteiger partial charge in [0, 0.05) is 12.1 Å². The minimum atomic E-state index is -2.95. The van der Waals surface area contributed by atoms with Crippen molar-refractivity contribution in [3.63, 3.8) is 0 Å². The highest BCUT2D eigenvalue weighted by Crippen LogP contribution is 2.28. The fourth-order valence-corrected chi connectivity index (χ4v) is 2.98. The highest BCUT2D eigenvalue weighted by atomic mass is 19.3. The van der Waals surface area contributed by atoms with Crippen molar-refractivity contribution in [3.05, 3.63) is 53.3 Å². The first-order valence-corrected chi connectivity index (χ1v) is 8.86. The summed E-state index contributed by atoms with van der Waals surface area (Å²) in [5.41, 5.74) is 5.10. The van der Waals surface area contributed by atoms with Gasteiger partial charge in [-0.15, -0.1) is 0 Å². The quantitative estimate of drug-likeness (QED) is 0.482. The average molecular weight is 402 g/mol. The molecule has 1 aromatic heterocycles. The first-order valence-electron chi connectivity index (χ1n) is 8.86. The number of hydrazone groups is 1. The SMILES string of the molecule is CCn1c(C)nc2cc(C(=O)N/N=C\c3ccc(OC(F)F)c(OC)c3)ccc21. The van der Waals surface area contributed by atoms with Gasteiger partial charge in [-0.1, -0.05) is 0 Å². The maximum atomic E-state index is 12.4. The lowest BCUT2D eigenvalue weighted by Gasteiger charge is -2.09. The number of ether oxygens (including phenoxy) is 2. The summed E-state index contributed by atoms with van der Waals surface area (Å²) in [6.07, 6.45) is 1.38. The van der Waals surface area contributed by atoms with E-state index < -0.39 is 12.5 Å². The Morgan fingerprint density at radius 2 is 2.07 bits per heavy atom. The summed E-state index contributed by atoms with van der Waals surface area (Å²) in [4.78, 5) is 16.8. The third-order valence-corrected chi connectivity index (χ3v) is 4.30. The average Bonchev–Trinajstić information content (AvgIpc) is 3.02. The second-order valence-electron chi connectivity index (χ2n) is 6.09. The smallest absolute Gasteiger partial charge is 0.387 e. The maximum Gasteiger partial charge on any atom is 0.387 e. The number of rotatable bonds is 7. The lowest BCUT2D eigenvalue weighted by molar-refractivity contribution is -0.0512. The fraction of sp³-hybridized carbons (Fsp3) is 0.250. The molecule has 0 fully saturated rings. The van der Waals surface area contributed by atoms with Crippen LogP contribution in [0.15, 0.2) is 41.5 Å². The molecule has 0 radical (unpaired) electrons. The molecule has 1 N–H and O–H groups in total. The number of nitrogens with zero attached hydrogens (tertiary/aromatic N) is 3. The Morgan fingerprint density at radius 1 is 1.28 bits per heavy atom. The Labute approximate surface area is 165 Å². The number of aromatic nitrogens is 2. The van der Waals surface area contributed by atoms with Crippen LogP contribution in [-0.4, -0.2) is 35.4 Å². The van der Waals surface area contributed by atoms with E-state index in [4.69, 9.17) is 4.74 Å². The zero-order valence-electron chi connectivity index (χ0n) is 16.1. The number of fused-ring (bicyclic) bond motifs is 1. The number of amides is 1. The van der Waals surface area contributed by atoms with Gasteiger partial charge in [-0.05, 0) is 55.8 Å². The van der Waals surface area contributed by atoms with Crippen LogP contribution < -0.4 is 14.9 Å². The number of imidazole rings is 1. The molecule has 0 aliphatic rings. The maximum absolute atomic E-state index is 12.4. The molecule has 0 aliphatic heterocycles. The topological polar surface area (TPSA) is 77.7 Å². The molecule has 7 nitrogen and oxygen atoms in total. The highest BCUT2D eigenvalue weighted by Gasteiger charge is 2.12. The standard InChI is InChI=1S/C20H20F2N4O3/c1-4-26-12(2)24-15-10-14(6-7-16(15)26)19(27)25-23-11-13-5-8-17(29-20(21)22)18(9-13)28-3/h5-11,20H,4H2,1-3H3,(H,25,27)/b23-11-. The molecule has 9 heteroatoms. The Bertz CT molecular complexity index is 1060. The number of hydrogen-bond acceptors (Lipinski definition) is 5. The molecule has 29 heavy (non-hydrogen) atoms. The molecular formula is C20H20F2N4O3. The molecule has 0 unspecified atom stereocenters. The summed E-state index contributed by atoms with van der Waals surface area (Å²) in [5, 5.41) is 3.91. The van der Waals surface area contributed by atoms with Crippen LogP contribution in [0.3, 0.4) is 0 Å². The largest absolute Gasteiger partial charge is 0.493 e. The minimum absolute atomic E-state index is 0.0844. The molecule has 1 amide bonds. The van der Waals surface area contributed by atoms with Crippen LogP contribution in [0.25, 0.3) is 11.0 Å². The van der Waals surface area contributed by atoms with Crippen LogP contribution >= 0.6 is 0 Å². The van der Waals surface area contributed by atoms with E-state index in [1.807, 2.05) is 19.9 Å². The molecule has 0 spiro atoms. The van der Waals surface area contributed by atoms with Crippen molar-refractivity contribution in [3.8, 4) is 11.5 Å². The lowest BCUT2D eigenvalue weighted by Crippen LogP contribution is -2.17. The van der Waals surface area contributed by atoms with Gasteiger partial charge in [-0.2, -0.15) is 13.9 Å². The summed E-state index contributed by atoms with van der Waals surface area (Å²) in [5.74, 6) is 0.537. The first-order chi connectivity index (χ1) is 13.9. The number of alkyl halides is 2. The van der Waals surface area contributed by atoms with Crippen molar-refractivity contribution in [2.24, 2.45) is 5.10 Å². The number of carbonyl (C=O) groups is 1. The van der Waals surface area contributed by atoms with Gasteiger partial charge < -0.3 is 14.0 Å². The molecule has 152 valence electrons. The van der Waals surface area contributed by atoms with Gasteiger partial charge in [0.1, 0.15) is 5.82 Å². The van der Waals surface area contributed by atoms with E-state index in [1.54, 1.807) is 12.1 Å². The zero-order valence-corrected chi connectivity index (χ0v) is 16.1. The minimum Gasteiger partial charge on any atom is -0.493 e. The Hall–Kier alpha value is -3.49. The van der Waals surface area contributed by atoms with Crippen LogP contribution in [0.5, 0.6) is 11.5 Å². The second kappa shape index (κ2) is 8.68. The Kier molecular flexibility index (Phi) is 6.06. The number of halogens is 2. The molecule has 0 atom stereocenters.